The summed E-state index contributed by atoms with van der Waals surface area (Å²) < 4.78 is -0.908. The number of alkyl halides is 2. The van der Waals surface area contributed by atoms with Gasteiger partial charge in [-0.3, -0.25) is 0 Å². The Labute approximate surface area is 64.1 Å². The molecule has 9 heavy (non-hydrogen) atoms. The maximum Gasteiger partial charge on any atom is 0.155 e. The van der Waals surface area contributed by atoms with Crippen LogP contribution in [0.1, 0.15) is 0 Å². The molecule has 0 saturated heterocycles. The molecular formula is C6H7Cl2N. The minimum atomic E-state index is -0.908. The second-order valence-electron chi connectivity index (χ2n) is 1.94. The van der Waals surface area contributed by atoms with Gasteiger partial charge in [0.25, 0.3) is 0 Å². The third-order valence-corrected chi connectivity index (χ3v) is 1.95. The zero-order valence-electron chi connectivity index (χ0n) is 4.72. The Hall–Kier alpha value is 0.0200. The summed E-state index contributed by atoms with van der Waals surface area (Å²) in [6, 6.07) is -0.286. The summed E-state index contributed by atoms with van der Waals surface area (Å²) >= 11 is 11.4. The van der Waals surface area contributed by atoms with Gasteiger partial charge in [0.05, 0.1) is 6.04 Å². The quantitative estimate of drug-likeness (QED) is 0.540. The molecule has 3 heteroatoms. The second kappa shape index (κ2) is 2.33. The highest BCUT2D eigenvalue weighted by Crippen LogP contribution is 2.28. The van der Waals surface area contributed by atoms with Gasteiger partial charge in [0.2, 0.25) is 0 Å². The molecule has 1 rings (SSSR count). The Morgan fingerprint density at radius 3 is 2.33 bits per heavy atom. The topological polar surface area (TPSA) is 26.0 Å². The number of hydrogen-bond acceptors (Lipinski definition) is 1. The van der Waals surface area contributed by atoms with Gasteiger partial charge in [-0.05, 0) is 6.08 Å². The maximum atomic E-state index is 5.72. The van der Waals surface area contributed by atoms with Crippen molar-refractivity contribution in [3.63, 3.8) is 0 Å². The average Bonchev–Trinajstić information content (AvgIpc) is 1.77. The van der Waals surface area contributed by atoms with E-state index < -0.39 is 4.33 Å². The summed E-state index contributed by atoms with van der Waals surface area (Å²) in [6.45, 7) is 0. The minimum absolute atomic E-state index is 0.286. The van der Waals surface area contributed by atoms with Crippen LogP contribution in [0, 0.1) is 0 Å². The van der Waals surface area contributed by atoms with Crippen molar-refractivity contribution in [1.82, 2.24) is 0 Å². The summed E-state index contributed by atoms with van der Waals surface area (Å²) in [6.07, 6.45) is 7.04. The lowest BCUT2D eigenvalue weighted by atomic mass is 10.1. The molecule has 0 radical (unpaired) electrons. The monoisotopic (exact) mass is 163 g/mol. The van der Waals surface area contributed by atoms with Gasteiger partial charge in [-0.25, -0.2) is 0 Å². The Morgan fingerprint density at radius 2 is 2.00 bits per heavy atom. The SMILES string of the molecule is NC1C=CC=CC1(Cl)Cl. The first-order valence-electron chi connectivity index (χ1n) is 2.62. The third kappa shape index (κ3) is 1.48. The molecule has 1 nitrogen and oxygen atoms in total. The average molecular weight is 164 g/mol. The molecule has 50 valence electrons. The summed E-state index contributed by atoms with van der Waals surface area (Å²) in [7, 11) is 0. The number of halogens is 2. The lowest BCUT2D eigenvalue weighted by Gasteiger charge is -2.22. The van der Waals surface area contributed by atoms with Crippen molar-refractivity contribution in [3.8, 4) is 0 Å². The molecule has 0 amide bonds. The molecule has 0 saturated carbocycles. The Kier molecular flexibility index (Phi) is 1.85. The molecule has 0 aromatic carbocycles. The zero-order valence-corrected chi connectivity index (χ0v) is 6.23. The van der Waals surface area contributed by atoms with E-state index in [0.29, 0.717) is 0 Å². The standard InChI is InChI=1S/C6H7Cl2N/c7-6(8)4-2-1-3-5(6)9/h1-5H,9H2. The molecule has 0 aromatic heterocycles. The lowest BCUT2D eigenvalue weighted by molar-refractivity contribution is 0.780. The van der Waals surface area contributed by atoms with E-state index in [9.17, 15) is 0 Å². The van der Waals surface area contributed by atoms with Crippen molar-refractivity contribution in [2.45, 2.75) is 10.4 Å². The number of hydrogen-bond donors (Lipinski definition) is 1. The van der Waals surface area contributed by atoms with E-state index in [1.807, 2.05) is 6.08 Å². The molecule has 0 aliphatic heterocycles. The zero-order chi connectivity index (χ0) is 6.91. The molecule has 1 aliphatic rings. The summed E-state index contributed by atoms with van der Waals surface area (Å²) in [4.78, 5) is 0. The second-order valence-corrected chi connectivity index (χ2v) is 3.39. The van der Waals surface area contributed by atoms with Gasteiger partial charge in [-0.2, -0.15) is 0 Å². The predicted molar refractivity (Wildman–Crippen MR) is 40.7 cm³/mol. The van der Waals surface area contributed by atoms with Crippen LogP contribution in [-0.4, -0.2) is 10.4 Å². The van der Waals surface area contributed by atoms with Crippen molar-refractivity contribution in [1.29, 1.82) is 0 Å². The van der Waals surface area contributed by atoms with Gasteiger partial charge < -0.3 is 5.73 Å². The molecule has 1 unspecified atom stereocenters. The fourth-order valence-electron chi connectivity index (χ4n) is 0.607. The summed E-state index contributed by atoms with van der Waals surface area (Å²) in [5, 5.41) is 0. The van der Waals surface area contributed by atoms with E-state index in [4.69, 9.17) is 28.9 Å². The van der Waals surface area contributed by atoms with Gasteiger partial charge >= 0.3 is 0 Å². The normalized spacial score (nSPS) is 30.8. The fourth-order valence-corrected chi connectivity index (χ4v) is 0.898. The van der Waals surface area contributed by atoms with Crippen LogP contribution < -0.4 is 5.73 Å². The van der Waals surface area contributed by atoms with Gasteiger partial charge in [-0.15, -0.1) is 0 Å². The molecule has 0 fully saturated rings. The van der Waals surface area contributed by atoms with Crippen LogP contribution in [0.25, 0.3) is 0 Å². The van der Waals surface area contributed by atoms with Gasteiger partial charge in [-0.1, -0.05) is 41.4 Å². The molecular weight excluding hydrogens is 157 g/mol. The minimum Gasteiger partial charge on any atom is -0.322 e. The predicted octanol–water partition coefficient (Wildman–Crippen LogP) is 1.61. The van der Waals surface area contributed by atoms with Crippen molar-refractivity contribution >= 4 is 23.2 Å². The number of nitrogens with two attached hydrogens (primary N) is 1. The molecule has 0 bridgehead atoms. The van der Waals surface area contributed by atoms with Crippen LogP contribution >= 0.6 is 23.2 Å². The highest BCUT2D eigenvalue weighted by molar-refractivity contribution is 6.50. The van der Waals surface area contributed by atoms with E-state index in [-0.39, 0.29) is 6.04 Å². The maximum absolute atomic E-state index is 5.72. The summed E-state index contributed by atoms with van der Waals surface area (Å²) in [5.41, 5.74) is 5.51. The van der Waals surface area contributed by atoms with E-state index in [1.54, 1.807) is 18.2 Å². The van der Waals surface area contributed by atoms with Crippen LogP contribution in [0.4, 0.5) is 0 Å². The van der Waals surface area contributed by atoms with E-state index in [1.165, 1.54) is 0 Å². The Balaban J connectivity index is 2.78. The van der Waals surface area contributed by atoms with E-state index in [0.717, 1.165) is 0 Å². The van der Waals surface area contributed by atoms with Crippen LogP contribution in [-0.2, 0) is 0 Å². The van der Waals surface area contributed by atoms with Crippen molar-refractivity contribution in [2.24, 2.45) is 5.73 Å². The van der Waals surface area contributed by atoms with Crippen LogP contribution in [0.3, 0.4) is 0 Å². The highest BCUT2D eigenvalue weighted by Gasteiger charge is 2.28. The molecule has 1 aliphatic carbocycles. The van der Waals surface area contributed by atoms with E-state index in [2.05, 4.69) is 0 Å². The highest BCUT2D eigenvalue weighted by atomic mass is 35.5. The Bertz CT molecular complexity index is 160. The third-order valence-electron chi connectivity index (χ3n) is 1.19. The molecule has 0 aromatic rings. The van der Waals surface area contributed by atoms with Crippen molar-refractivity contribution in [3.05, 3.63) is 24.3 Å². The summed E-state index contributed by atoms with van der Waals surface area (Å²) in [5.74, 6) is 0. The number of allylic oxidation sites excluding steroid dienone is 2. The largest absolute Gasteiger partial charge is 0.322 e. The lowest BCUT2D eigenvalue weighted by Crippen LogP contribution is -2.36. The molecule has 1 atom stereocenters. The first-order chi connectivity index (χ1) is 4.13. The fraction of sp³-hybridized carbons (Fsp3) is 0.333. The van der Waals surface area contributed by atoms with Crippen LogP contribution in [0.5, 0.6) is 0 Å². The van der Waals surface area contributed by atoms with Crippen molar-refractivity contribution in [2.75, 3.05) is 0 Å². The van der Waals surface area contributed by atoms with Crippen LogP contribution in [0.15, 0.2) is 24.3 Å². The number of rotatable bonds is 0. The van der Waals surface area contributed by atoms with Gasteiger partial charge in [0.15, 0.2) is 4.33 Å². The molecule has 0 heterocycles. The van der Waals surface area contributed by atoms with Crippen molar-refractivity contribution < 1.29 is 0 Å². The molecule has 2 N–H and O–H groups in total. The first-order valence-corrected chi connectivity index (χ1v) is 3.38. The smallest absolute Gasteiger partial charge is 0.155 e. The first kappa shape index (κ1) is 7.13. The van der Waals surface area contributed by atoms with Gasteiger partial charge in [0.1, 0.15) is 0 Å². The Morgan fingerprint density at radius 1 is 1.33 bits per heavy atom. The van der Waals surface area contributed by atoms with Crippen LogP contribution in [0.2, 0.25) is 0 Å². The molecule has 0 spiro atoms. The van der Waals surface area contributed by atoms with Gasteiger partial charge in [0, 0.05) is 0 Å². The van der Waals surface area contributed by atoms with E-state index >= 15 is 0 Å².